The lowest BCUT2D eigenvalue weighted by Gasteiger charge is -2.09. The van der Waals surface area contributed by atoms with Crippen LogP contribution in [0.25, 0.3) is 0 Å². The maximum atomic E-state index is 12.4. The van der Waals surface area contributed by atoms with E-state index in [0.29, 0.717) is 24.7 Å². The third kappa shape index (κ3) is 4.75. The first-order valence-corrected chi connectivity index (χ1v) is 6.31. The molecule has 2 rings (SSSR count). The molecule has 0 bridgehead atoms. The van der Waals surface area contributed by atoms with E-state index in [1.54, 1.807) is 0 Å². The van der Waals surface area contributed by atoms with E-state index < -0.39 is 11.7 Å². The molecule has 0 aromatic carbocycles. The van der Waals surface area contributed by atoms with E-state index in [1.165, 1.54) is 18.5 Å². The van der Waals surface area contributed by atoms with Crippen LogP contribution in [0.15, 0.2) is 30.7 Å². The van der Waals surface area contributed by atoms with Gasteiger partial charge in [-0.05, 0) is 12.1 Å². The number of alkyl halides is 3. The molecule has 0 saturated carbocycles. The smallest absolute Gasteiger partial charge is 0.368 e. The predicted molar refractivity (Wildman–Crippen MR) is 73.3 cm³/mol. The van der Waals surface area contributed by atoms with Gasteiger partial charge in [-0.1, -0.05) is 11.6 Å². The quantitative estimate of drug-likeness (QED) is 0.830. The van der Waals surface area contributed by atoms with Crippen LogP contribution in [0.2, 0.25) is 5.15 Å². The van der Waals surface area contributed by atoms with E-state index in [-0.39, 0.29) is 5.15 Å². The van der Waals surface area contributed by atoms with E-state index in [9.17, 15) is 13.2 Å². The van der Waals surface area contributed by atoms with Crippen LogP contribution in [0.4, 0.5) is 24.8 Å². The molecule has 0 fully saturated rings. The van der Waals surface area contributed by atoms with Gasteiger partial charge in [0.2, 0.25) is 0 Å². The second kappa shape index (κ2) is 6.57. The lowest BCUT2D eigenvalue weighted by molar-refractivity contribution is -0.137. The fourth-order valence-electron chi connectivity index (χ4n) is 1.47. The lowest BCUT2D eigenvalue weighted by atomic mass is 10.3. The molecule has 2 aromatic rings. The highest BCUT2D eigenvalue weighted by atomic mass is 35.5. The molecule has 9 heteroatoms. The SMILES string of the molecule is FC(F)(F)c1ccc(NCCNc2cncc(Cl)n2)nc1. The highest BCUT2D eigenvalue weighted by molar-refractivity contribution is 6.29. The standard InChI is InChI=1S/C12H11ClF3N5/c13-9-6-17-7-11(21-9)19-4-3-18-10-2-1-8(5-20-10)12(14,15)16/h1-2,5-7H,3-4H2,(H,18,20)(H,19,21). The highest BCUT2D eigenvalue weighted by Gasteiger charge is 2.30. The average molecular weight is 318 g/mol. The number of nitrogens with zero attached hydrogens (tertiary/aromatic N) is 3. The Hall–Kier alpha value is -2.09. The van der Waals surface area contributed by atoms with Crippen LogP contribution < -0.4 is 10.6 Å². The van der Waals surface area contributed by atoms with Crippen molar-refractivity contribution in [2.24, 2.45) is 0 Å². The lowest BCUT2D eigenvalue weighted by Crippen LogP contribution is -2.15. The van der Waals surface area contributed by atoms with E-state index in [0.717, 1.165) is 12.3 Å². The van der Waals surface area contributed by atoms with Gasteiger partial charge < -0.3 is 10.6 Å². The molecule has 2 N–H and O–H groups in total. The summed E-state index contributed by atoms with van der Waals surface area (Å²) in [5.74, 6) is 0.881. The molecule has 0 spiro atoms. The van der Waals surface area contributed by atoms with Gasteiger partial charge in [0.05, 0.1) is 18.0 Å². The normalized spacial score (nSPS) is 11.2. The van der Waals surface area contributed by atoms with E-state index in [2.05, 4.69) is 25.6 Å². The zero-order chi connectivity index (χ0) is 15.3. The van der Waals surface area contributed by atoms with E-state index in [4.69, 9.17) is 11.6 Å². The largest absolute Gasteiger partial charge is 0.417 e. The Labute approximate surface area is 123 Å². The van der Waals surface area contributed by atoms with Gasteiger partial charge in [-0.25, -0.2) is 9.97 Å². The molecule has 0 aliphatic carbocycles. The average Bonchev–Trinajstić information content (AvgIpc) is 2.43. The van der Waals surface area contributed by atoms with Crippen molar-refractivity contribution in [1.82, 2.24) is 15.0 Å². The van der Waals surface area contributed by atoms with Crippen LogP contribution in [0.3, 0.4) is 0 Å². The molecule has 5 nitrogen and oxygen atoms in total. The highest BCUT2D eigenvalue weighted by Crippen LogP contribution is 2.28. The van der Waals surface area contributed by atoms with Crippen molar-refractivity contribution in [1.29, 1.82) is 0 Å². The summed E-state index contributed by atoms with van der Waals surface area (Å²) in [6, 6.07) is 2.26. The van der Waals surface area contributed by atoms with Gasteiger partial charge in [0.25, 0.3) is 0 Å². The maximum Gasteiger partial charge on any atom is 0.417 e. The van der Waals surface area contributed by atoms with Crippen LogP contribution in [0, 0.1) is 0 Å². The Kier molecular flexibility index (Phi) is 4.79. The Morgan fingerprint density at radius 1 is 1.00 bits per heavy atom. The van der Waals surface area contributed by atoms with Crippen LogP contribution in [0.5, 0.6) is 0 Å². The maximum absolute atomic E-state index is 12.4. The number of hydrogen-bond acceptors (Lipinski definition) is 5. The predicted octanol–water partition coefficient (Wildman–Crippen LogP) is 3.07. The Bertz CT molecular complexity index is 588. The molecule has 0 atom stereocenters. The summed E-state index contributed by atoms with van der Waals surface area (Å²) < 4.78 is 37.1. The first-order valence-electron chi connectivity index (χ1n) is 5.94. The van der Waals surface area contributed by atoms with Crippen LogP contribution in [-0.2, 0) is 6.18 Å². The van der Waals surface area contributed by atoms with Crippen LogP contribution in [-0.4, -0.2) is 28.0 Å². The minimum absolute atomic E-state index is 0.275. The fourth-order valence-corrected chi connectivity index (χ4v) is 1.62. The minimum atomic E-state index is -4.38. The number of nitrogens with one attached hydrogen (secondary N) is 2. The molecule has 112 valence electrons. The summed E-state index contributed by atoms with van der Waals surface area (Å²) in [6.07, 6.45) is -0.657. The first kappa shape index (κ1) is 15.3. The summed E-state index contributed by atoms with van der Waals surface area (Å²) in [6.45, 7) is 0.935. The minimum Gasteiger partial charge on any atom is -0.368 e. The molecular formula is C12H11ClF3N5. The molecule has 2 aromatic heterocycles. The topological polar surface area (TPSA) is 62.7 Å². The number of aromatic nitrogens is 3. The van der Waals surface area contributed by atoms with Crippen molar-refractivity contribution < 1.29 is 13.2 Å². The molecule has 0 saturated heterocycles. The van der Waals surface area contributed by atoms with Crippen molar-refractivity contribution in [2.45, 2.75) is 6.18 Å². The monoisotopic (exact) mass is 317 g/mol. The first-order chi connectivity index (χ1) is 9.95. The molecule has 2 heterocycles. The molecule has 0 amide bonds. The van der Waals surface area contributed by atoms with Gasteiger partial charge in [-0.3, -0.25) is 4.98 Å². The third-order valence-electron chi connectivity index (χ3n) is 2.43. The Morgan fingerprint density at radius 3 is 2.29 bits per heavy atom. The summed E-state index contributed by atoms with van der Waals surface area (Å²) in [5.41, 5.74) is -0.777. The number of pyridine rings is 1. The zero-order valence-electron chi connectivity index (χ0n) is 10.7. The van der Waals surface area contributed by atoms with E-state index >= 15 is 0 Å². The van der Waals surface area contributed by atoms with Gasteiger partial charge in [0.1, 0.15) is 16.8 Å². The van der Waals surface area contributed by atoms with Gasteiger partial charge in [0.15, 0.2) is 0 Å². The molecule has 0 unspecified atom stereocenters. The number of rotatable bonds is 5. The molecule has 21 heavy (non-hydrogen) atoms. The Morgan fingerprint density at radius 2 is 1.71 bits per heavy atom. The summed E-state index contributed by atoms with van der Waals surface area (Å²) in [7, 11) is 0. The van der Waals surface area contributed by atoms with Gasteiger partial charge in [-0.2, -0.15) is 13.2 Å². The molecule has 0 aliphatic heterocycles. The molecule has 0 aliphatic rings. The third-order valence-corrected chi connectivity index (χ3v) is 2.62. The van der Waals surface area contributed by atoms with Crippen molar-refractivity contribution in [3.05, 3.63) is 41.4 Å². The number of anilines is 2. The number of hydrogen-bond donors (Lipinski definition) is 2. The molecule has 0 radical (unpaired) electrons. The van der Waals surface area contributed by atoms with E-state index in [1.807, 2.05) is 0 Å². The Balaban J connectivity index is 1.79. The van der Waals surface area contributed by atoms with Gasteiger partial charge in [-0.15, -0.1) is 0 Å². The second-order valence-corrected chi connectivity index (χ2v) is 4.40. The second-order valence-electron chi connectivity index (χ2n) is 4.01. The van der Waals surface area contributed by atoms with Crippen molar-refractivity contribution >= 4 is 23.2 Å². The fraction of sp³-hybridized carbons (Fsp3) is 0.250. The van der Waals surface area contributed by atoms with Gasteiger partial charge in [0, 0.05) is 19.3 Å². The van der Waals surface area contributed by atoms with Crippen molar-refractivity contribution in [3.8, 4) is 0 Å². The van der Waals surface area contributed by atoms with Crippen LogP contribution >= 0.6 is 11.6 Å². The number of halogens is 4. The summed E-state index contributed by atoms with van der Waals surface area (Å²) in [4.78, 5) is 11.5. The van der Waals surface area contributed by atoms with Gasteiger partial charge >= 0.3 is 6.18 Å². The zero-order valence-corrected chi connectivity index (χ0v) is 11.4. The van der Waals surface area contributed by atoms with Crippen molar-refractivity contribution in [3.63, 3.8) is 0 Å². The summed E-state index contributed by atoms with van der Waals surface area (Å²) in [5, 5.41) is 6.12. The summed E-state index contributed by atoms with van der Waals surface area (Å²) >= 11 is 5.67. The van der Waals surface area contributed by atoms with Crippen molar-refractivity contribution in [2.75, 3.05) is 23.7 Å². The molecular weight excluding hydrogens is 307 g/mol. The van der Waals surface area contributed by atoms with Crippen LogP contribution in [0.1, 0.15) is 5.56 Å².